The molecule has 0 spiro atoms. The zero-order valence-corrected chi connectivity index (χ0v) is 12.3. The first kappa shape index (κ1) is 13.6. The Labute approximate surface area is 112 Å². The van der Waals surface area contributed by atoms with Crippen LogP contribution in [0.4, 0.5) is 0 Å². The summed E-state index contributed by atoms with van der Waals surface area (Å²) in [5.74, 6) is 0. The molecule has 0 unspecified atom stereocenters. The van der Waals surface area contributed by atoms with Crippen LogP contribution in [0, 0.1) is 5.41 Å². The molecule has 1 aliphatic rings. The summed E-state index contributed by atoms with van der Waals surface area (Å²) in [5.41, 5.74) is 3.64. The molecule has 0 aromatic heterocycles. The van der Waals surface area contributed by atoms with Gasteiger partial charge in [-0.15, -0.1) is 0 Å². The summed E-state index contributed by atoms with van der Waals surface area (Å²) in [4.78, 5) is 0. The van der Waals surface area contributed by atoms with Gasteiger partial charge in [0.2, 0.25) is 0 Å². The van der Waals surface area contributed by atoms with Crippen LogP contribution in [-0.4, -0.2) is 6.54 Å². The highest BCUT2D eigenvalue weighted by atomic mass is 14.9. The average molecular weight is 245 g/mol. The van der Waals surface area contributed by atoms with Crippen molar-refractivity contribution in [1.29, 1.82) is 0 Å². The normalized spacial score (nSPS) is 18.4. The summed E-state index contributed by atoms with van der Waals surface area (Å²) >= 11 is 0. The number of nitrogens with one attached hydrogen (secondary N) is 1. The Morgan fingerprint density at radius 2 is 1.72 bits per heavy atom. The summed E-state index contributed by atoms with van der Waals surface area (Å²) in [6.45, 7) is 11.3. The summed E-state index contributed by atoms with van der Waals surface area (Å²) < 4.78 is 0. The van der Waals surface area contributed by atoms with Crippen molar-refractivity contribution in [3.05, 3.63) is 35.4 Å². The van der Waals surface area contributed by atoms with E-state index in [1.807, 2.05) is 0 Å². The molecule has 1 N–H and O–H groups in total. The molecule has 2 rings (SSSR count). The van der Waals surface area contributed by atoms with E-state index < -0.39 is 0 Å². The third-order valence-electron chi connectivity index (χ3n) is 4.26. The molecule has 1 saturated carbocycles. The van der Waals surface area contributed by atoms with E-state index in [-0.39, 0.29) is 5.41 Å². The van der Waals surface area contributed by atoms with E-state index in [4.69, 9.17) is 0 Å². The molecule has 0 heterocycles. The number of hydrogen-bond acceptors (Lipinski definition) is 1. The highest BCUT2D eigenvalue weighted by Crippen LogP contribution is 2.39. The predicted octanol–water partition coefficient (Wildman–Crippen LogP) is 4.26. The maximum Gasteiger partial charge on any atom is 0.0205 e. The van der Waals surface area contributed by atoms with Crippen LogP contribution in [0.5, 0.6) is 0 Å². The second-order valence-corrected chi connectivity index (χ2v) is 7.21. The fourth-order valence-corrected chi connectivity index (χ4v) is 2.59. The van der Waals surface area contributed by atoms with Crippen LogP contribution in [0.1, 0.15) is 58.1 Å². The Morgan fingerprint density at radius 3 is 2.17 bits per heavy atom. The fraction of sp³-hybridized carbons (Fsp3) is 0.647. The molecule has 100 valence electrons. The van der Waals surface area contributed by atoms with Crippen molar-refractivity contribution in [2.45, 2.75) is 58.9 Å². The van der Waals surface area contributed by atoms with Crippen LogP contribution in [-0.2, 0) is 12.0 Å². The van der Waals surface area contributed by atoms with Crippen LogP contribution in [0.2, 0.25) is 0 Å². The van der Waals surface area contributed by atoms with Gasteiger partial charge in [-0.2, -0.15) is 0 Å². The highest BCUT2D eigenvalue weighted by Gasteiger charge is 2.30. The maximum absolute atomic E-state index is 3.60. The standard InChI is InChI=1S/C17H27N/c1-16(2,3)15-8-6-14(7-9-15)12-18-13-17(4)10-5-11-17/h6-9,18H,5,10-13H2,1-4H3. The summed E-state index contributed by atoms with van der Waals surface area (Å²) in [7, 11) is 0. The summed E-state index contributed by atoms with van der Waals surface area (Å²) in [6.07, 6.45) is 4.20. The maximum atomic E-state index is 3.60. The van der Waals surface area contributed by atoms with Gasteiger partial charge in [-0.3, -0.25) is 0 Å². The lowest BCUT2D eigenvalue weighted by molar-refractivity contribution is 0.156. The quantitative estimate of drug-likeness (QED) is 0.835. The molecule has 0 radical (unpaired) electrons. The molecule has 1 nitrogen and oxygen atoms in total. The Hall–Kier alpha value is -0.820. The minimum atomic E-state index is 0.255. The molecule has 0 bridgehead atoms. The fourth-order valence-electron chi connectivity index (χ4n) is 2.59. The third-order valence-corrected chi connectivity index (χ3v) is 4.26. The first-order valence-corrected chi connectivity index (χ1v) is 7.19. The van der Waals surface area contributed by atoms with Gasteiger partial charge >= 0.3 is 0 Å². The minimum absolute atomic E-state index is 0.255. The second-order valence-electron chi connectivity index (χ2n) is 7.21. The van der Waals surface area contributed by atoms with Gasteiger partial charge in [-0.25, -0.2) is 0 Å². The van der Waals surface area contributed by atoms with E-state index in [1.54, 1.807) is 0 Å². The number of hydrogen-bond donors (Lipinski definition) is 1. The van der Waals surface area contributed by atoms with Crippen LogP contribution < -0.4 is 5.32 Å². The van der Waals surface area contributed by atoms with Crippen molar-refractivity contribution >= 4 is 0 Å². The van der Waals surface area contributed by atoms with Gasteiger partial charge in [-0.1, -0.05) is 58.4 Å². The van der Waals surface area contributed by atoms with Gasteiger partial charge < -0.3 is 5.32 Å². The summed E-state index contributed by atoms with van der Waals surface area (Å²) in [5, 5.41) is 3.60. The Bertz CT molecular complexity index is 379. The van der Waals surface area contributed by atoms with E-state index in [0.717, 1.165) is 13.1 Å². The van der Waals surface area contributed by atoms with Gasteiger partial charge in [0.25, 0.3) is 0 Å². The van der Waals surface area contributed by atoms with E-state index in [0.29, 0.717) is 5.41 Å². The molecule has 0 amide bonds. The van der Waals surface area contributed by atoms with Gasteiger partial charge in [0.1, 0.15) is 0 Å². The molecule has 1 aromatic carbocycles. The van der Waals surface area contributed by atoms with Crippen molar-refractivity contribution in [2.75, 3.05) is 6.54 Å². The molecular weight excluding hydrogens is 218 g/mol. The minimum Gasteiger partial charge on any atom is -0.312 e. The lowest BCUT2D eigenvalue weighted by Gasteiger charge is -2.38. The van der Waals surface area contributed by atoms with Crippen LogP contribution in [0.15, 0.2) is 24.3 Å². The van der Waals surface area contributed by atoms with Gasteiger partial charge in [0.05, 0.1) is 0 Å². The third kappa shape index (κ3) is 3.35. The van der Waals surface area contributed by atoms with E-state index in [1.165, 1.54) is 30.4 Å². The van der Waals surface area contributed by atoms with E-state index in [9.17, 15) is 0 Å². The topological polar surface area (TPSA) is 12.0 Å². The van der Waals surface area contributed by atoms with Crippen molar-refractivity contribution < 1.29 is 0 Å². The van der Waals surface area contributed by atoms with E-state index in [2.05, 4.69) is 57.3 Å². The van der Waals surface area contributed by atoms with E-state index >= 15 is 0 Å². The van der Waals surface area contributed by atoms with Crippen molar-refractivity contribution in [3.63, 3.8) is 0 Å². The smallest absolute Gasteiger partial charge is 0.0205 e. The molecule has 18 heavy (non-hydrogen) atoms. The number of benzene rings is 1. The first-order valence-electron chi connectivity index (χ1n) is 7.19. The molecule has 0 saturated heterocycles. The zero-order valence-electron chi connectivity index (χ0n) is 12.3. The van der Waals surface area contributed by atoms with Crippen molar-refractivity contribution in [1.82, 2.24) is 5.32 Å². The lowest BCUT2D eigenvalue weighted by atomic mass is 9.70. The van der Waals surface area contributed by atoms with Crippen molar-refractivity contribution in [3.8, 4) is 0 Å². The van der Waals surface area contributed by atoms with Crippen LogP contribution in [0.3, 0.4) is 0 Å². The molecule has 1 heteroatoms. The Morgan fingerprint density at radius 1 is 1.11 bits per heavy atom. The largest absolute Gasteiger partial charge is 0.312 e. The second kappa shape index (κ2) is 5.05. The van der Waals surface area contributed by atoms with Gasteiger partial charge in [0.15, 0.2) is 0 Å². The molecule has 1 aromatic rings. The molecule has 1 fully saturated rings. The predicted molar refractivity (Wildman–Crippen MR) is 78.8 cm³/mol. The van der Waals surface area contributed by atoms with Gasteiger partial charge in [0, 0.05) is 13.1 Å². The Balaban J connectivity index is 1.83. The monoisotopic (exact) mass is 245 g/mol. The van der Waals surface area contributed by atoms with Crippen LogP contribution >= 0.6 is 0 Å². The van der Waals surface area contributed by atoms with Crippen LogP contribution in [0.25, 0.3) is 0 Å². The average Bonchev–Trinajstić information content (AvgIpc) is 2.26. The molecule has 0 aliphatic heterocycles. The first-order chi connectivity index (χ1) is 8.39. The molecule has 0 atom stereocenters. The van der Waals surface area contributed by atoms with Gasteiger partial charge in [-0.05, 0) is 34.8 Å². The Kier molecular flexibility index (Phi) is 3.82. The highest BCUT2D eigenvalue weighted by molar-refractivity contribution is 5.27. The summed E-state index contributed by atoms with van der Waals surface area (Å²) in [6, 6.07) is 9.05. The number of rotatable bonds is 4. The van der Waals surface area contributed by atoms with Crippen molar-refractivity contribution in [2.24, 2.45) is 5.41 Å². The SMILES string of the molecule is CC1(CNCc2ccc(C(C)(C)C)cc2)CCC1. The molecule has 1 aliphatic carbocycles. The zero-order chi connectivity index (χ0) is 13.2. The lowest BCUT2D eigenvalue weighted by Crippen LogP contribution is -2.36. The molecular formula is C17H27N.